The average Bonchev–Trinajstić information content (AvgIpc) is 2.31. The molecule has 0 heterocycles. The van der Waals surface area contributed by atoms with Crippen molar-refractivity contribution in [1.29, 1.82) is 0 Å². The smallest absolute Gasteiger partial charge is 0.0291 e. The van der Waals surface area contributed by atoms with Gasteiger partial charge in [-0.25, -0.2) is 0 Å². The molecule has 1 rings (SSSR count). The van der Waals surface area contributed by atoms with Gasteiger partial charge in [0.15, 0.2) is 0 Å². The molecule has 88 valence electrons. The standard InChI is InChI=1S/C15H23N/c1-5-13(4)14(6-2)11-16-15-9-7-12(3)8-10-15/h5-9,15-16H,10-11H2,1-4H3/b13-5-,14-6-. The summed E-state index contributed by atoms with van der Waals surface area (Å²) in [5.41, 5.74) is 4.12. The van der Waals surface area contributed by atoms with Gasteiger partial charge in [-0.2, -0.15) is 0 Å². The summed E-state index contributed by atoms with van der Waals surface area (Å²) < 4.78 is 0. The molecule has 0 bridgehead atoms. The van der Waals surface area contributed by atoms with Gasteiger partial charge in [-0.05, 0) is 39.7 Å². The van der Waals surface area contributed by atoms with Crippen LogP contribution in [0.5, 0.6) is 0 Å². The van der Waals surface area contributed by atoms with Crippen LogP contribution in [0.1, 0.15) is 34.1 Å². The fraction of sp³-hybridized carbons (Fsp3) is 0.467. The third-order valence-electron chi connectivity index (χ3n) is 3.13. The maximum atomic E-state index is 3.57. The summed E-state index contributed by atoms with van der Waals surface area (Å²) in [5, 5.41) is 3.57. The monoisotopic (exact) mass is 217 g/mol. The van der Waals surface area contributed by atoms with E-state index < -0.39 is 0 Å². The molecular formula is C15H23N. The Morgan fingerprint density at radius 2 is 2.19 bits per heavy atom. The van der Waals surface area contributed by atoms with Crippen LogP contribution in [0.2, 0.25) is 0 Å². The molecule has 1 heteroatoms. The lowest BCUT2D eigenvalue weighted by Crippen LogP contribution is -2.29. The van der Waals surface area contributed by atoms with E-state index in [4.69, 9.17) is 0 Å². The van der Waals surface area contributed by atoms with E-state index in [-0.39, 0.29) is 0 Å². The Kier molecular flexibility index (Phi) is 5.27. The minimum Gasteiger partial charge on any atom is -0.306 e. The Morgan fingerprint density at radius 3 is 2.69 bits per heavy atom. The van der Waals surface area contributed by atoms with Crippen LogP contribution in [0.25, 0.3) is 0 Å². The number of hydrogen-bond donors (Lipinski definition) is 1. The number of nitrogens with one attached hydrogen (secondary N) is 1. The quantitative estimate of drug-likeness (QED) is 0.707. The summed E-state index contributed by atoms with van der Waals surface area (Å²) in [7, 11) is 0. The van der Waals surface area contributed by atoms with Gasteiger partial charge < -0.3 is 5.32 Å². The minimum atomic E-state index is 0.489. The van der Waals surface area contributed by atoms with Gasteiger partial charge >= 0.3 is 0 Å². The first-order chi connectivity index (χ1) is 7.67. The fourth-order valence-corrected chi connectivity index (χ4v) is 1.77. The van der Waals surface area contributed by atoms with Crippen molar-refractivity contribution in [2.75, 3.05) is 6.54 Å². The lowest BCUT2D eigenvalue weighted by atomic mass is 10.0. The van der Waals surface area contributed by atoms with Gasteiger partial charge in [0.2, 0.25) is 0 Å². The minimum absolute atomic E-state index is 0.489. The molecule has 1 N–H and O–H groups in total. The molecule has 1 aliphatic carbocycles. The highest BCUT2D eigenvalue weighted by atomic mass is 14.9. The molecule has 0 aromatic carbocycles. The Bertz CT molecular complexity index is 342. The third kappa shape index (κ3) is 3.82. The molecule has 1 nitrogen and oxygen atoms in total. The Labute approximate surface area is 99.6 Å². The van der Waals surface area contributed by atoms with Crippen LogP contribution in [-0.4, -0.2) is 12.6 Å². The van der Waals surface area contributed by atoms with Crippen molar-refractivity contribution < 1.29 is 0 Å². The van der Waals surface area contributed by atoms with E-state index in [1.165, 1.54) is 16.7 Å². The molecule has 0 fully saturated rings. The molecule has 0 aromatic rings. The van der Waals surface area contributed by atoms with Crippen molar-refractivity contribution >= 4 is 0 Å². The molecule has 0 saturated carbocycles. The molecule has 0 aliphatic heterocycles. The van der Waals surface area contributed by atoms with Gasteiger partial charge in [-0.1, -0.05) is 41.5 Å². The first-order valence-electron chi connectivity index (χ1n) is 6.04. The lowest BCUT2D eigenvalue weighted by molar-refractivity contribution is 0.625. The summed E-state index contributed by atoms with van der Waals surface area (Å²) in [5.74, 6) is 0. The maximum Gasteiger partial charge on any atom is 0.0291 e. The Hall–Kier alpha value is -1.08. The predicted molar refractivity (Wildman–Crippen MR) is 72.5 cm³/mol. The van der Waals surface area contributed by atoms with Crippen LogP contribution in [0, 0.1) is 0 Å². The summed E-state index contributed by atoms with van der Waals surface area (Å²) in [6, 6.07) is 0.489. The number of rotatable bonds is 4. The fourth-order valence-electron chi connectivity index (χ4n) is 1.77. The number of allylic oxidation sites excluding steroid dienone is 4. The average molecular weight is 217 g/mol. The van der Waals surface area contributed by atoms with Crippen LogP contribution >= 0.6 is 0 Å². The normalized spacial score (nSPS) is 22.2. The van der Waals surface area contributed by atoms with E-state index in [1.54, 1.807) is 0 Å². The lowest BCUT2D eigenvalue weighted by Gasteiger charge is -2.18. The molecular weight excluding hydrogens is 194 g/mol. The molecule has 1 unspecified atom stereocenters. The first kappa shape index (κ1) is 13.0. The van der Waals surface area contributed by atoms with E-state index in [1.807, 2.05) is 0 Å². The highest BCUT2D eigenvalue weighted by Crippen LogP contribution is 2.12. The van der Waals surface area contributed by atoms with Crippen LogP contribution in [-0.2, 0) is 0 Å². The van der Waals surface area contributed by atoms with E-state index in [2.05, 4.69) is 63.4 Å². The van der Waals surface area contributed by atoms with Gasteiger partial charge in [0.05, 0.1) is 0 Å². The highest BCUT2D eigenvalue weighted by molar-refractivity contribution is 5.30. The van der Waals surface area contributed by atoms with Crippen LogP contribution in [0.4, 0.5) is 0 Å². The van der Waals surface area contributed by atoms with Crippen LogP contribution in [0.3, 0.4) is 0 Å². The van der Waals surface area contributed by atoms with Gasteiger partial charge in [0, 0.05) is 12.6 Å². The van der Waals surface area contributed by atoms with Crippen molar-refractivity contribution in [1.82, 2.24) is 5.32 Å². The summed E-state index contributed by atoms with van der Waals surface area (Å²) >= 11 is 0. The zero-order chi connectivity index (χ0) is 12.0. The second kappa shape index (κ2) is 6.49. The highest BCUT2D eigenvalue weighted by Gasteiger charge is 2.07. The van der Waals surface area contributed by atoms with E-state index in [9.17, 15) is 0 Å². The molecule has 0 aromatic heterocycles. The van der Waals surface area contributed by atoms with E-state index >= 15 is 0 Å². The van der Waals surface area contributed by atoms with Crippen LogP contribution in [0.15, 0.2) is 47.1 Å². The maximum absolute atomic E-state index is 3.57. The number of hydrogen-bond acceptors (Lipinski definition) is 1. The van der Waals surface area contributed by atoms with Gasteiger partial charge in [-0.3, -0.25) is 0 Å². The molecule has 1 aliphatic rings. The topological polar surface area (TPSA) is 12.0 Å². The molecule has 0 radical (unpaired) electrons. The Balaban J connectivity index is 2.44. The van der Waals surface area contributed by atoms with Crippen molar-refractivity contribution in [3.8, 4) is 0 Å². The van der Waals surface area contributed by atoms with Crippen molar-refractivity contribution in [2.24, 2.45) is 0 Å². The van der Waals surface area contributed by atoms with Crippen molar-refractivity contribution in [3.63, 3.8) is 0 Å². The zero-order valence-electron chi connectivity index (χ0n) is 10.9. The SMILES string of the molecule is C/C=C(C)\C(=C/C)CNC1C=CC(C)=CC1. The summed E-state index contributed by atoms with van der Waals surface area (Å²) in [6.07, 6.45) is 12.2. The van der Waals surface area contributed by atoms with E-state index in [0.717, 1.165) is 13.0 Å². The molecule has 16 heavy (non-hydrogen) atoms. The molecule has 0 amide bonds. The molecule has 1 atom stereocenters. The summed E-state index contributed by atoms with van der Waals surface area (Å²) in [4.78, 5) is 0. The first-order valence-corrected chi connectivity index (χ1v) is 6.04. The second-order valence-corrected chi connectivity index (χ2v) is 4.32. The largest absolute Gasteiger partial charge is 0.306 e. The van der Waals surface area contributed by atoms with Crippen LogP contribution < -0.4 is 5.32 Å². The van der Waals surface area contributed by atoms with Crippen molar-refractivity contribution in [2.45, 2.75) is 40.2 Å². The van der Waals surface area contributed by atoms with Crippen molar-refractivity contribution in [3.05, 3.63) is 47.1 Å². The molecule has 0 saturated heterocycles. The zero-order valence-corrected chi connectivity index (χ0v) is 10.9. The van der Waals surface area contributed by atoms with E-state index in [0.29, 0.717) is 6.04 Å². The van der Waals surface area contributed by atoms with Gasteiger partial charge in [-0.15, -0.1) is 0 Å². The second-order valence-electron chi connectivity index (χ2n) is 4.32. The summed E-state index contributed by atoms with van der Waals surface area (Å²) in [6.45, 7) is 9.45. The molecule has 0 spiro atoms. The third-order valence-corrected chi connectivity index (χ3v) is 3.13. The van der Waals surface area contributed by atoms with Gasteiger partial charge in [0.1, 0.15) is 0 Å². The predicted octanol–water partition coefficient (Wildman–Crippen LogP) is 3.76. The van der Waals surface area contributed by atoms with Gasteiger partial charge in [0.25, 0.3) is 0 Å². The Morgan fingerprint density at radius 1 is 1.44 bits per heavy atom.